The fraction of sp³-hybridized carbons (Fsp3) is 0.667. The predicted molar refractivity (Wildman–Crippen MR) is 93.4 cm³/mol. The Labute approximate surface area is 146 Å². The number of alkyl carbamates (subject to hydrolysis) is 1. The van der Waals surface area contributed by atoms with Crippen molar-refractivity contribution in [2.45, 2.75) is 50.4 Å². The highest BCUT2D eigenvalue weighted by Crippen LogP contribution is 2.23. The van der Waals surface area contributed by atoms with Gasteiger partial charge >= 0.3 is 6.09 Å². The third-order valence-corrected chi connectivity index (χ3v) is 4.12. The largest absolute Gasteiger partial charge is 0.444 e. The molecule has 1 aliphatic rings. The third-order valence-electron chi connectivity index (χ3n) is 3.38. The average molecular weight is 359 g/mol. The van der Waals surface area contributed by atoms with Crippen molar-refractivity contribution >= 4 is 35.3 Å². The van der Waals surface area contributed by atoms with Gasteiger partial charge in [-0.15, -0.1) is 0 Å². The van der Waals surface area contributed by atoms with E-state index >= 15 is 0 Å². The summed E-state index contributed by atoms with van der Waals surface area (Å²) in [6.45, 7) is 7.19. The van der Waals surface area contributed by atoms with E-state index in [-0.39, 0.29) is 12.1 Å². The number of carbonyl (C=O) groups excluding carboxylic acids is 1. The van der Waals surface area contributed by atoms with Crippen LogP contribution in [0.1, 0.15) is 33.6 Å². The van der Waals surface area contributed by atoms with Crippen LogP contribution in [0.25, 0.3) is 0 Å². The number of halogens is 1. The van der Waals surface area contributed by atoms with E-state index < -0.39 is 5.60 Å². The summed E-state index contributed by atoms with van der Waals surface area (Å²) in [6.07, 6.45) is 3.25. The molecule has 2 heterocycles. The van der Waals surface area contributed by atoms with Gasteiger partial charge in [0.25, 0.3) is 0 Å². The summed E-state index contributed by atoms with van der Waals surface area (Å²) >= 11 is 7.51. The maximum Gasteiger partial charge on any atom is 0.407 e. The first-order valence-electron chi connectivity index (χ1n) is 7.60. The first kappa shape index (κ1) is 18.1. The lowest BCUT2D eigenvalue weighted by atomic mass is 10.1. The minimum atomic E-state index is -0.475. The molecule has 1 aromatic heterocycles. The molecule has 1 N–H and O–H groups in total. The third kappa shape index (κ3) is 5.73. The molecule has 8 heteroatoms. The number of thioether (sulfide) groups is 1. The molecule has 2 rings (SSSR count). The molecule has 0 unspecified atom stereocenters. The second-order valence-corrected chi connectivity index (χ2v) is 7.60. The van der Waals surface area contributed by atoms with Gasteiger partial charge in [0.1, 0.15) is 16.6 Å². The second-order valence-electron chi connectivity index (χ2n) is 6.44. The first-order valence-corrected chi connectivity index (χ1v) is 9.20. The smallest absolute Gasteiger partial charge is 0.407 e. The first-order chi connectivity index (χ1) is 10.8. The second kappa shape index (κ2) is 7.57. The van der Waals surface area contributed by atoms with Crippen LogP contribution in [0.15, 0.2) is 11.2 Å². The highest BCUT2D eigenvalue weighted by Gasteiger charge is 2.24. The highest BCUT2D eigenvalue weighted by atomic mass is 35.5. The quantitative estimate of drug-likeness (QED) is 0.507. The van der Waals surface area contributed by atoms with Gasteiger partial charge in [-0.2, -0.15) is 0 Å². The Morgan fingerprint density at radius 3 is 2.61 bits per heavy atom. The standard InChI is InChI=1S/C15H23ClN4O2S/c1-15(2,3)22-14(21)17-10-5-7-20(8-6-10)12-9-11(16)18-13(19-12)23-4/h9-10H,5-8H2,1-4H3,(H,17,21). The molecule has 0 atom stereocenters. The number of piperidine rings is 1. The number of nitrogens with one attached hydrogen (secondary N) is 1. The molecule has 0 aliphatic carbocycles. The molecular formula is C15H23ClN4O2S. The van der Waals surface area contributed by atoms with Gasteiger partial charge < -0.3 is 15.0 Å². The van der Waals surface area contributed by atoms with Gasteiger partial charge in [-0.3, -0.25) is 0 Å². The molecule has 1 saturated heterocycles. The molecule has 0 aromatic carbocycles. The van der Waals surface area contributed by atoms with Crippen molar-refractivity contribution in [2.24, 2.45) is 0 Å². The zero-order chi connectivity index (χ0) is 17.0. The van der Waals surface area contributed by atoms with Gasteiger partial charge in [-0.1, -0.05) is 23.4 Å². The van der Waals surface area contributed by atoms with Crippen LogP contribution in [0.5, 0.6) is 0 Å². The minimum Gasteiger partial charge on any atom is -0.444 e. The van der Waals surface area contributed by atoms with Crippen LogP contribution in [0.3, 0.4) is 0 Å². The van der Waals surface area contributed by atoms with Gasteiger partial charge in [0.05, 0.1) is 0 Å². The van der Waals surface area contributed by atoms with Crippen LogP contribution in [0, 0.1) is 0 Å². The van der Waals surface area contributed by atoms with Gasteiger partial charge in [0.15, 0.2) is 5.16 Å². The fourth-order valence-corrected chi connectivity index (χ4v) is 2.97. The number of rotatable bonds is 3. The number of nitrogens with zero attached hydrogens (tertiary/aromatic N) is 3. The monoisotopic (exact) mass is 358 g/mol. The Hall–Kier alpha value is -1.21. The van der Waals surface area contributed by atoms with Crippen molar-refractivity contribution in [3.8, 4) is 0 Å². The molecule has 6 nitrogen and oxygen atoms in total. The maximum atomic E-state index is 11.8. The number of carbonyl (C=O) groups is 1. The number of ether oxygens (including phenoxy) is 1. The lowest BCUT2D eigenvalue weighted by Gasteiger charge is -2.33. The Kier molecular flexibility index (Phi) is 5.97. The summed E-state index contributed by atoms with van der Waals surface area (Å²) in [5, 5.41) is 4.05. The molecule has 1 aromatic rings. The SMILES string of the molecule is CSc1nc(Cl)cc(N2CCC(NC(=O)OC(C)(C)C)CC2)n1. The summed E-state index contributed by atoms with van der Waals surface area (Å²) < 4.78 is 5.29. The highest BCUT2D eigenvalue weighted by molar-refractivity contribution is 7.98. The molecule has 0 bridgehead atoms. The van der Waals surface area contributed by atoms with Gasteiger partial charge in [0, 0.05) is 25.2 Å². The Morgan fingerprint density at radius 2 is 2.04 bits per heavy atom. The van der Waals surface area contributed by atoms with Crippen molar-refractivity contribution in [3.63, 3.8) is 0 Å². The summed E-state index contributed by atoms with van der Waals surface area (Å²) in [6, 6.07) is 1.90. The summed E-state index contributed by atoms with van der Waals surface area (Å²) in [5.41, 5.74) is -0.475. The van der Waals surface area contributed by atoms with Crippen LogP contribution in [-0.4, -0.2) is 47.0 Å². The number of amides is 1. The minimum absolute atomic E-state index is 0.124. The number of aromatic nitrogens is 2. The number of anilines is 1. The summed E-state index contributed by atoms with van der Waals surface area (Å²) in [4.78, 5) is 22.6. The topological polar surface area (TPSA) is 67.4 Å². The van der Waals surface area contributed by atoms with Crippen molar-refractivity contribution in [3.05, 3.63) is 11.2 Å². The zero-order valence-corrected chi connectivity index (χ0v) is 15.5. The molecular weight excluding hydrogens is 336 g/mol. The van der Waals surface area contributed by atoms with Crippen LogP contribution in [-0.2, 0) is 4.74 Å². The average Bonchev–Trinajstić information content (AvgIpc) is 2.45. The predicted octanol–water partition coefficient (Wildman–Crippen LogP) is 3.35. The zero-order valence-electron chi connectivity index (χ0n) is 13.9. The molecule has 1 amide bonds. The number of hydrogen-bond donors (Lipinski definition) is 1. The lowest BCUT2D eigenvalue weighted by Crippen LogP contribution is -2.46. The molecule has 0 saturated carbocycles. The van der Waals surface area contributed by atoms with E-state index in [4.69, 9.17) is 16.3 Å². The Morgan fingerprint density at radius 1 is 1.39 bits per heavy atom. The van der Waals surface area contributed by atoms with Crippen molar-refractivity contribution < 1.29 is 9.53 Å². The summed E-state index contributed by atoms with van der Waals surface area (Å²) in [5.74, 6) is 0.838. The van der Waals surface area contributed by atoms with E-state index in [0.29, 0.717) is 10.3 Å². The molecule has 0 radical (unpaired) electrons. The van der Waals surface area contributed by atoms with Crippen molar-refractivity contribution in [2.75, 3.05) is 24.2 Å². The summed E-state index contributed by atoms with van der Waals surface area (Å²) in [7, 11) is 0. The number of hydrogen-bond acceptors (Lipinski definition) is 6. The Balaban J connectivity index is 1.89. The van der Waals surface area contributed by atoms with Crippen molar-refractivity contribution in [1.29, 1.82) is 0 Å². The van der Waals surface area contributed by atoms with E-state index in [2.05, 4.69) is 20.2 Å². The van der Waals surface area contributed by atoms with Gasteiger partial charge in [-0.25, -0.2) is 14.8 Å². The molecule has 1 aliphatic heterocycles. The van der Waals surface area contributed by atoms with E-state index in [1.165, 1.54) is 11.8 Å². The van der Waals surface area contributed by atoms with Crippen LogP contribution < -0.4 is 10.2 Å². The van der Waals surface area contributed by atoms with Crippen molar-refractivity contribution in [1.82, 2.24) is 15.3 Å². The Bertz CT molecular complexity index is 557. The van der Waals surface area contributed by atoms with Gasteiger partial charge in [0.2, 0.25) is 0 Å². The van der Waals surface area contributed by atoms with Crippen LogP contribution in [0.2, 0.25) is 5.15 Å². The molecule has 128 valence electrons. The van der Waals surface area contributed by atoms with E-state index in [1.54, 1.807) is 6.07 Å². The molecule has 23 heavy (non-hydrogen) atoms. The van der Waals surface area contributed by atoms with E-state index in [0.717, 1.165) is 31.7 Å². The van der Waals surface area contributed by atoms with E-state index in [1.807, 2.05) is 27.0 Å². The van der Waals surface area contributed by atoms with Crippen LogP contribution >= 0.6 is 23.4 Å². The normalized spacial score (nSPS) is 16.3. The van der Waals surface area contributed by atoms with E-state index in [9.17, 15) is 4.79 Å². The maximum absolute atomic E-state index is 11.8. The molecule has 1 fully saturated rings. The molecule has 0 spiro atoms. The van der Waals surface area contributed by atoms with Crippen LogP contribution in [0.4, 0.5) is 10.6 Å². The fourth-order valence-electron chi connectivity index (χ4n) is 2.37. The lowest BCUT2D eigenvalue weighted by molar-refractivity contribution is 0.0497. The van der Waals surface area contributed by atoms with Gasteiger partial charge in [-0.05, 0) is 39.9 Å².